The molecule has 2 amide bonds. The summed E-state index contributed by atoms with van der Waals surface area (Å²) in [6, 6.07) is 5.98. The van der Waals surface area contributed by atoms with Crippen LogP contribution in [0.25, 0.3) is 0 Å². The van der Waals surface area contributed by atoms with E-state index in [4.69, 9.17) is 9.47 Å². The van der Waals surface area contributed by atoms with Gasteiger partial charge in [0.1, 0.15) is 0 Å². The number of benzene rings is 1. The molecule has 1 aromatic rings. The molecule has 0 saturated heterocycles. The van der Waals surface area contributed by atoms with E-state index >= 15 is 0 Å². The number of amides is 2. The van der Waals surface area contributed by atoms with Crippen molar-refractivity contribution in [2.75, 3.05) is 21.3 Å². The number of methoxy groups -OCH3 is 2. The molecule has 0 atom stereocenters. The first kappa shape index (κ1) is 13.5. The van der Waals surface area contributed by atoms with Gasteiger partial charge in [0.2, 0.25) is 0 Å². The van der Waals surface area contributed by atoms with E-state index in [2.05, 4.69) is 5.32 Å². The monoisotopic (exact) mass is 264 g/mol. The van der Waals surface area contributed by atoms with Crippen LogP contribution in [0, 0.1) is 0 Å². The molecule has 19 heavy (non-hydrogen) atoms. The molecule has 0 aromatic heterocycles. The maximum atomic E-state index is 11.9. The van der Waals surface area contributed by atoms with Gasteiger partial charge in [-0.05, 0) is 18.9 Å². The lowest BCUT2D eigenvalue weighted by molar-refractivity contribution is 0.205. The Kier molecular flexibility index (Phi) is 4.14. The van der Waals surface area contributed by atoms with Gasteiger partial charge in [0.25, 0.3) is 0 Å². The number of hydrogen-bond acceptors (Lipinski definition) is 3. The van der Waals surface area contributed by atoms with E-state index in [9.17, 15) is 4.79 Å². The third-order valence-electron chi connectivity index (χ3n) is 3.14. The van der Waals surface area contributed by atoms with Gasteiger partial charge in [-0.3, -0.25) is 0 Å². The third kappa shape index (κ3) is 3.30. The van der Waals surface area contributed by atoms with Crippen LogP contribution in [-0.4, -0.2) is 38.2 Å². The van der Waals surface area contributed by atoms with Crippen LogP contribution in [-0.2, 0) is 6.54 Å². The fourth-order valence-electron chi connectivity index (χ4n) is 1.92. The summed E-state index contributed by atoms with van der Waals surface area (Å²) in [5.74, 6) is 1.35. The van der Waals surface area contributed by atoms with Gasteiger partial charge in [0.05, 0.1) is 20.8 Å². The highest BCUT2D eigenvalue weighted by molar-refractivity contribution is 5.74. The molecule has 1 N–H and O–H groups in total. The normalized spacial score (nSPS) is 13.8. The molecule has 5 nitrogen and oxygen atoms in total. The number of urea groups is 1. The second-order valence-corrected chi connectivity index (χ2v) is 4.73. The molecule has 1 aliphatic rings. The molecule has 1 aromatic carbocycles. The van der Waals surface area contributed by atoms with Gasteiger partial charge in [-0.1, -0.05) is 12.1 Å². The molecular weight excluding hydrogens is 244 g/mol. The summed E-state index contributed by atoms with van der Waals surface area (Å²) in [5, 5.41) is 2.95. The van der Waals surface area contributed by atoms with Crippen molar-refractivity contribution in [3.05, 3.63) is 23.8 Å². The Labute approximate surface area is 113 Å². The summed E-state index contributed by atoms with van der Waals surface area (Å²) < 4.78 is 10.6. The van der Waals surface area contributed by atoms with Crippen molar-refractivity contribution >= 4 is 6.03 Å². The average molecular weight is 264 g/mol. The molecule has 0 unspecified atom stereocenters. The second kappa shape index (κ2) is 5.82. The summed E-state index contributed by atoms with van der Waals surface area (Å²) in [5.41, 5.74) is 0.926. The van der Waals surface area contributed by atoms with Gasteiger partial charge in [-0.25, -0.2) is 4.79 Å². The minimum absolute atomic E-state index is 0.0487. The van der Waals surface area contributed by atoms with Crippen molar-refractivity contribution in [1.29, 1.82) is 0 Å². The molecule has 1 saturated carbocycles. The van der Waals surface area contributed by atoms with Crippen molar-refractivity contribution < 1.29 is 14.3 Å². The predicted molar refractivity (Wildman–Crippen MR) is 72.6 cm³/mol. The standard InChI is InChI=1S/C14H20N2O3/c1-16(14(17)15-11-7-8-11)9-10-5-4-6-12(18-2)13(10)19-3/h4-6,11H,7-9H2,1-3H3,(H,15,17). The fraction of sp³-hybridized carbons (Fsp3) is 0.500. The molecule has 1 aliphatic carbocycles. The quantitative estimate of drug-likeness (QED) is 0.885. The zero-order chi connectivity index (χ0) is 13.8. The van der Waals surface area contributed by atoms with Crippen LogP contribution in [0.3, 0.4) is 0 Å². The fourth-order valence-corrected chi connectivity index (χ4v) is 1.92. The Bertz CT molecular complexity index is 458. The summed E-state index contributed by atoms with van der Waals surface area (Å²) >= 11 is 0. The number of carbonyl (C=O) groups excluding carboxylic acids is 1. The largest absolute Gasteiger partial charge is 0.493 e. The topological polar surface area (TPSA) is 50.8 Å². The van der Waals surface area contributed by atoms with Gasteiger partial charge in [-0.15, -0.1) is 0 Å². The maximum Gasteiger partial charge on any atom is 0.317 e. The van der Waals surface area contributed by atoms with E-state index in [0.29, 0.717) is 24.1 Å². The number of rotatable bonds is 5. The predicted octanol–water partition coefficient (Wildman–Crippen LogP) is 2.01. The second-order valence-electron chi connectivity index (χ2n) is 4.73. The minimum Gasteiger partial charge on any atom is -0.493 e. The van der Waals surface area contributed by atoms with Crippen molar-refractivity contribution in [3.63, 3.8) is 0 Å². The highest BCUT2D eigenvalue weighted by Gasteiger charge is 2.25. The van der Waals surface area contributed by atoms with Gasteiger partial charge >= 0.3 is 6.03 Å². The average Bonchev–Trinajstić information content (AvgIpc) is 3.22. The van der Waals surface area contributed by atoms with E-state index in [-0.39, 0.29) is 6.03 Å². The van der Waals surface area contributed by atoms with Crippen LogP contribution in [0.2, 0.25) is 0 Å². The van der Waals surface area contributed by atoms with Gasteiger partial charge in [0.15, 0.2) is 11.5 Å². The highest BCUT2D eigenvalue weighted by Crippen LogP contribution is 2.31. The molecule has 0 aliphatic heterocycles. The van der Waals surface area contributed by atoms with Crippen LogP contribution in [0.1, 0.15) is 18.4 Å². The van der Waals surface area contributed by atoms with Crippen LogP contribution >= 0.6 is 0 Å². The number of hydrogen-bond donors (Lipinski definition) is 1. The molecule has 0 heterocycles. The molecule has 0 radical (unpaired) electrons. The maximum absolute atomic E-state index is 11.9. The summed E-state index contributed by atoms with van der Waals surface area (Å²) in [6.45, 7) is 0.485. The number of nitrogens with zero attached hydrogens (tertiary/aromatic N) is 1. The van der Waals surface area contributed by atoms with Crippen molar-refractivity contribution in [3.8, 4) is 11.5 Å². The highest BCUT2D eigenvalue weighted by atomic mass is 16.5. The van der Waals surface area contributed by atoms with Gasteiger partial charge in [0, 0.05) is 18.7 Å². The SMILES string of the molecule is COc1cccc(CN(C)C(=O)NC2CC2)c1OC. The first-order valence-corrected chi connectivity index (χ1v) is 6.37. The van der Waals surface area contributed by atoms with E-state index < -0.39 is 0 Å². The van der Waals surface area contributed by atoms with Crippen LogP contribution < -0.4 is 14.8 Å². The zero-order valence-electron chi connectivity index (χ0n) is 11.6. The van der Waals surface area contributed by atoms with Crippen LogP contribution in [0.15, 0.2) is 18.2 Å². The Balaban J connectivity index is 2.06. The molecule has 2 rings (SSSR count). The number of carbonyl (C=O) groups is 1. The first-order valence-electron chi connectivity index (χ1n) is 6.37. The Hall–Kier alpha value is -1.91. The molecule has 1 fully saturated rings. The van der Waals surface area contributed by atoms with Crippen molar-refractivity contribution in [1.82, 2.24) is 10.2 Å². The molecule has 104 valence electrons. The summed E-state index contributed by atoms with van der Waals surface area (Å²) in [4.78, 5) is 13.5. The Morgan fingerprint density at radius 3 is 2.68 bits per heavy atom. The zero-order valence-corrected chi connectivity index (χ0v) is 11.6. The minimum atomic E-state index is -0.0487. The van der Waals surface area contributed by atoms with Crippen molar-refractivity contribution in [2.45, 2.75) is 25.4 Å². The lowest BCUT2D eigenvalue weighted by Crippen LogP contribution is -2.38. The molecular formula is C14H20N2O3. The van der Waals surface area contributed by atoms with E-state index in [1.807, 2.05) is 18.2 Å². The first-order chi connectivity index (χ1) is 9.15. The Morgan fingerprint density at radius 2 is 2.11 bits per heavy atom. The molecule has 0 bridgehead atoms. The number of ether oxygens (including phenoxy) is 2. The van der Waals surface area contributed by atoms with Crippen LogP contribution in [0.4, 0.5) is 4.79 Å². The number of nitrogens with one attached hydrogen (secondary N) is 1. The lowest BCUT2D eigenvalue weighted by atomic mass is 10.1. The number of para-hydroxylation sites is 1. The summed E-state index contributed by atoms with van der Waals surface area (Å²) in [7, 11) is 4.98. The van der Waals surface area contributed by atoms with E-state index in [0.717, 1.165) is 18.4 Å². The van der Waals surface area contributed by atoms with Crippen LogP contribution in [0.5, 0.6) is 11.5 Å². The molecule has 0 spiro atoms. The van der Waals surface area contributed by atoms with Gasteiger partial charge < -0.3 is 19.7 Å². The third-order valence-corrected chi connectivity index (χ3v) is 3.14. The summed E-state index contributed by atoms with van der Waals surface area (Å²) in [6.07, 6.45) is 2.17. The molecule has 5 heteroatoms. The van der Waals surface area contributed by atoms with E-state index in [1.165, 1.54) is 0 Å². The van der Waals surface area contributed by atoms with Crippen molar-refractivity contribution in [2.24, 2.45) is 0 Å². The van der Waals surface area contributed by atoms with Gasteiger partial charge in [-0.2, -0.15) is 0 Å². The van der Waals surface area contributed by atoms with E-state index in [1.54, 1.807) is 26.2 Å². The smallest absolute Gasteiger partial charge is 0.317 e. The lowest BCUT2D eigenvalue weighted by Gasteiger charge is -2.20. The Morgan fingerprint density at radius 1 is 1.37 bits per heavy atom.